The van der Waals surface area contributed by atoms with Crippen LogP contribution in [0.3, 0.4) is 0 Å². The minimum absolute atomic E-state index is 0.0545. The smallest absolute Gasteiger partial charge is 0.224 e. The summed E-state index contributed by atoms with van der Waals surface area (Å²) >= 11 is 1.76. The Labute approximate surface area is 165 Å². The first-order chi connectivity index (χ1) is 13.1. The zero-order valence-electron chi connectivity index (χ0n) is 16.0. The van der Waals surface area contributed by atoms with Crippen molar-refractivity contribution >= 4 is 34.5 Å². The van der Waals surface area contributed by atoms with Crippen molar-refractivity contribution < 1.29 is 9.59 Å². The van der Waals surface area contributed by atoms with Crippen molar-refractivity contribution in [1.29, 1.82) is 0 Å². The van der Waals surface area contributed by atoms with E-state index in [4.69, 9.17) is 0 Å². The monoisotopic (exact) mass is 385 g/mol. The molecule has 1 aromatic heterocycles. The minimum atomic E-state index is -0.118. The van der Waals surface area contributed by atoms with Crippen LogP contribution in [0.4, 0.5) is 11.4 Å². The molecule has 1 aliphatic rings. The maximum absolute atomic E-state index is 12.4. The molecule has 0 fully saturated rings. The Balaban J connectivity index is 1.46. The lowest BCUT2D eigenvalue weighted by molar-refractivity contribution is -0.133. The molecular formula is C21H27N3O2S. The highest BCUT2D eigenvalue weighted by Gasteiger charge is 2.21. The molecular weight excluding hydrogens is 358 g/mol. The van der Waals surface area contributed by atoms with Gasteiger partial charge in [-0.25, -0.2) is 0 Å². The van der Waals surface area contributed by atoms with Crippen molar-refractivity contribution in [2.24, 2.45) is 0 Å². The summed E-state index contributed by atoms with van der Waals surface area (Å²) in [5.74, 6) is -0.0638. The van der Waals surface area contributed by atoms with E-state index < -0.39 is 0 Å². The molecule has 1 aromatic carbocycles. The number of nitrogens with zero attached hydrogens (tertiary/aromatic N) is 2. The second kappa shape index (κ2) is 9.04. The first-order valence-electron chi connectivity index (χ1n) is 9.58. The molecule has 0 unspecified atom stereocenters. The summed E-state index contributed by atoms with van der Waals surface area (Å²) in [6.07, 6.45) is 1.39. The number of thiophene rings is 1. The van der Waals surface area contributed by atoms with E-state index in [0.717, 1.165) is 37.4 Å². The molecule has 0 aliphatic carbocycles. The van der Waals surface area contributed by atoms with Crippen LogP contribution in [0, 0.1) is 0 Å². The maximum Gasteiger partial charge on any atom is 0.224 e. The zero-order valence-corrected chi connectivity index (χ0v) is 16.8. The number of amides is 2. The van der Waals surface area contributed by atoms with Crippen LogP contribution >= 0.6 is 11.3 Å². The Morgan fingerprint density at radius 1 is 1.11 bits per heavy atom. The van der Waals surface area contributed by atoms with E-state index in [1.165, 1.54) is 10.4 Å². The third-order valence-corrected chi connectivity index (χ3v) is 6.03. The van der Waals surface area contributed by atoms with Crippen LogP contribution in [-0.4, -0.2) is 36.3 Å². The average molecular weight is 386 g/mol. The number of carbonyl (C=O) groups is 2. The van der Waals surface area contributed by atoms with Gasteiger partial charge in [-0.05, 0) is 61.5 Å². The Morgan fingerprint density at radius 3 is 2.56 bits per heavy atom. The normalized spacial score (nSPS) is 13.2. The Morgan fingerprint density at radius 2 is 1.85 bits per heavy atom. The van der Waals surface area contributed by atoms with E-state index in [1.54, 1.807) is 11.3 Å². The summed E-state index contributed by atoms with van der Waals surface area (Å²) in [5, 5.41) is 4.97. The third-order valence-electron chi connectivity index (χ3n) is 5.01. The summed E-state index contributed by atoms with van der Waals surface area (Å²) in [5.41, 5.74) is 3.16. The molecule has 0 bridgehead atoms. The highest BCUT2D eigenvalue weighted by Crippen LogP contribution is 2.24. The molecule has 0 atom stereocenters. The van der Waals surface area contributed by atoms with Crippen LogP contribution in [0.1, 0.15) is 37.1 Å². The van der Waals surface area contributed by atoms with Gasteiger partial charge in [0.2, 0.25) is 11.8 Å². The molecule has 5 nitrogen and oxygen atoms in total. The number of hydrogen-bond donors (Lipinski definition) is 1. The van der Waals surface area contributed by atoms with E-state index in [-0.39, 0.29) is 24.7 Å². The lowest BCUT2D eigenvalue weighted by atomic mass is 10.1. The van der Waals surface area contributed by atoms with Crippen molar-refractivity contribution in [3.05, 3.63) is 46.2 Å². The van der Waals surface area contributed by atoms with Crippen LogP contribution in [0.5, 0.6) is 0 Å². The van der Waals surface area contributed by atoms with Crippen LogP contribution in [0.15, 0.2) is 35.7 Å². The predicted octanol–water partition coefficient (Wildman–Crippen LogP) is 3.90. The van der Waals surface area contributed by atoms with Crippen molar-refractivity contribution in [2.45, 2.75) is 39.7 Å². The first kappa shape index (κ1) is 19.4. The molecule has 2 amide bonds. The van der Waals surface area contributed by atoms with Gasteiger partial charge in [0.05, 0.1) is 0 Å². The van der Waals surface area contributed by atoms with Crippen molar-refractivity contribution in [2.75, 3.05) is 29.9 Å². The van der Waals surface area contributed by atoms with Gasteiger partial charge in [-0.1, -0.05) is 0 Å². The minimum Gasteiger partial charge on any atom is -0.372 e. The number of anilines is 2. The van der Waals surface area contributed by atoms with Gasteiger partial charge in [0.25, 0.3) is 0 Å². The number of benzene rings is 1. The Bertz CT molecular complexity index is 781. The molecule has 0 saturated carbocycles. The molecule has 0 radical (unpaired) electrons. The molecule has 0 spiro atoms. The molecule has 1 N–H and O–H groups in total. The molecule has 2 aromatic rings. The summed E-state index contributed by atoms with van der Waals surface area (Å²) < 4.78 is 0. The molecule has 27 heavy (non-hydrogen) atoms. The molecule has 2 heterocycles. The first-order valence-corrected chi connectivity index (χ1v) is 10.5. The van der Waals surface area contributed by atoms with E-state index in [9.17, 15) is 9.59 Å². The van der Waals surface area contributed by atoms with Gasteiger partial charge in [0.15, 0.2) is 0 Å². The third kappa shape index (κ3) is 4.89. The fraction of sp³-hybridized carbons (Fsp3) is 0.429. The highest BCUT2D eigenvalue weighted by molar-refractivity contribution is 7.10. The molecule has 0 saturated heterocycles. The Hall–Kier alpha value is -2.34. The van der Waals surface area contributed by atoms with Crippen LogP contribution in [-0.2, 0) is 22.6 Å². The molecule has 144 valence electrons. The number of nitrogens with one attached hydrogen (secondary N) is 1. The number of hydrogen-bond acceptors (Lipinski definition) is 4. The fourth-order valence-electron chi connectivity index (χ4n) is 3.41. The predicted molar refractivity (Wildman–Crippen MR) is 111 cm³/mol. The molecule has 1 aliphatic heterocycles. The lowest BCUT2D eigenvalue weighted by Gasteiger charge is -2.27. The second-order valence-corrected chi connectivity index (χ2v) is 7.70. The quantitative estimate of drug-likeness (QED) is 0.786. The van der Waals surface area contributed by atoms with Crippen LogP contribution in [0.2, 0.25) is 0 Å². The standard InChI is InChI=1S/C21H27N3O2S/c1-3-23(4-2)18-7-5-17(6-8-18)22-20(25)9-10-21(26)24-13-11-19-16(15-24)12-14-27-19/h5-8,12,14H,3-4,9-11,13,15H2,1-2H3,(H,22,25). The molecule has 6 heteroatoms. The number of fused-ring (bicyclic) bond motifs is 1. The molecule has 3 rings (SSSR count). The van der Waals surface area contributed by atoms with Crippen LogP contribution in [0.25, 0.3) is 0 Å². The summed E-state index contributed by atoms with van der Waals surface area (Å²) in [6.45, 7) is 7.57. The van der Waals surface area contributed by atoms with Crippen molar-refractivity contribution in [3.63, 3.8) is 0 Å². The highest BCUT2D eigenvalue weighted by atomic mass is 32.1. The van der Waals surface area contributed by atoms with E-state index in [0.29, 0.717) is 6.54 Å². The van der Waals surface area contributed by atoms with Crippen molar-refractivity contribution in [1.82, 2.24) is 4.90 Å². The maximum atomic E-state index is 12.4. The SMILES string of the molecule is CCN(CC)c1ccc(NC(=O)CCC(=O)N2CCc3sccc3C2)cc1. The van der Waals surface area contributed by atoms with Gasteiger partial charge in [0, 0.05) is 55.3 Å². The van der Waals surface area contributed by atoms with Crippen LogP contribution < -0.4 is 10.2 Å². The van der Waals surface area contributed by atoms with Gasteiger partial charge >= 0.3 is 0 Å². The number of carbonyl (C=O) groups excluding carboxylic acids is 2. The average Bonchev–Trinajstić information content (AvgIpc) is 3.16. The van der Waals surface area contributed by atoms with E-state index in [1.807, 2.05) is 29.2 Å². The Kier molecular flexibility index (Phi) is 6.50. The van der Waals surface area contributed by atoms with Gasteiger partial charge in [-0.2, -0.15) is 0 Å². The lowest BCUT2D eigenvalue weighted by Crippen LogP contribution is -2.35. The summed E-state index contributed by atoms with van der Waals surface area (Å²) in [7, 11) is 0. The van der Waals surface area contributed by atoms with E-state index in [2.05, 4.69) is 35.5 Å². The zero-order chi connectivity index (χ0) is 19.2. The van der Waals surface area contributed by atoms with Crippen molar-refractivity contribution in [3.8, 4) is 0 Å². The van der Waals surface area contributed by atoms with Gasteiger partial charge < -0.3 is 15.1 Å². The fourth-order valence-corrected chi connectivity index (χ4v) is 4.30. The number of rotatable bonds is 7. The summed E-state index contributed by atoms with van der Waals surface area (Å²) in [6, 6.07) is 9.94. The van der Waals surface area contributed by atoms with Gasteiger partial charge in [-0.3, -0.25) is 9.59 Å². The van der Waals surface area contributed by atoms with Gasteiger partial charge in [0.1, 0.15) is 0 Å². The second-order valence-electron chi connectivity index (χ2n) is 6.70. The topological polar surface area (TPSA) is 52.7 Å². The summed E-state index contributed by atoms with van der Waals surface area (Å²) in [4.78, 5) is 30.1. The van der Waals surface area contributed by atoms with Gasteiger partial charge in [-0.15, -0.1) is 11.3 Å². The largest absolute Gasteiger partial charge is 0.372 e. The van der Waals surface area contributed by atoms with E-state index >= 15 is 0 Å².